The van der Waals surface area contributed by atoms with Crippen molar-refractivity contribution in [1.82, 2.24) is 9.78 Å². The summed E-state index contributed by atoms with van der Waals surface area (Å²) in [5, 5.41) is 12.8. The summed E-state index contributed by atoms with van der Waals surface area (Å²) in [6.07, 6.45) is 2.22. The fraction of sp³-hybridized carbons (Fsp3) is 0.545. The molecule has 1 aromatic rings. The van der Waals surface area contributed by atoms with Crippen molar-refractivity contribution in [2.45, 2.75) is 32.2 Å². The Morgan fingerprint density at radius 1 is 1.75 bits per heavy atom. The number of hydrogen-bond acceptors (Lipinski definition) is 4. The summed E-state index contributed by atoms with van der Waals surface area (Å²) in [5.74, 6) is 0.0464. The van der Waals surface area contributed by atoms with Gasteiger partial charge in [-0.05, 0) is 25.8 Å². The predicted molar refractivity (Wildman–Crippen MR) is 55.8 cm³/mol. The number of esters is 1. The van der Waals surface area contributed by atoms with E-state index in [1.807, 2.05) is 6.07 Å². The molecule has 5 heteroatoms. The fourth-order valence-electron chi connectivity index (χ4n) is 1.64. The number of carbonyl (C=O) groups is 1. The van der Waals surface area contributed by atoms with Gasteiger partial charge in [0.2, 0.25) is 0 Å². The summed E-state index contributed by atoms with van der Waals surface area (Å²) >= 11 is 0. The second kappa shape index (κ2) is 4.35. The molecule has 84 valence electrons. The summed E-state index contributed by atoms with van der Waals surface area (Å²) in [7, 11) is 0. The molecule has 1 heterocycles. The first-order chi connectivity index (χ1) is 7.76. The molecule has 0 saturated heterocycles. The highest BCUT2D eigenvalue weighted by molar-refractivity contribution is 5.87. The van der Waals surface area contributed by atoms with Crippen LogP contribution in [0.2, 0.25) is 0 Å². The minimum Gasteiger partial charge on any atom is -0.461 e. The molecule has 0 N–H and O–H groups in total. The third kappa shape index (κ3) is 2.06. The lowest BCUT2D eigenvalue weighted by atomic mass is 10.2. The Morgan fingerprint density at radius 3 is 3.06 bits per heavy atom. The van der Waals surface area contributed by atoms with E-state index in [9.17, 15) is 4.79 Å². The van der Waals surface area contributed by atoms with Gasteiger partial charge in [0.1, 0.15) is 6.54 Å². The Balaban J connectivity index is 2.24. The Kier molecular flexibility index (Phi) is 2.91. The second-order valence-electron chi connectivity index (χ2n) is 3.76. The molecule has 16 heavy (non-hydrogen) atoms. The van der Waals surface area contributed by atoms with Crippen molar-refractivity contribution in [2.24, 2.45) is 0 Å². The van der Waals surface area contributed by atoms with Crippen molar-refractivity contribution in [3.05, 3.63) is 17.5 Å². The standard InChI is InChI=1S/C11H13N3O2/c1-2-16-11(15)9-7-10(8-3-4-8)14(13-9)6-5-12/h7-8H,2-4,6H2,1H3. The monoisotopic (exact) mass is 219 g/mol. The van der Waals surface area contributed by atoms with Crippen molar-refractivity contribution in [3.63, 3.8) is 0 Å². The van der Waals surface area contributed by atoms with Gasteiger partial charge < -0.3 is 4.74 Å². The van der Waals surface area contributed by atoms with E-state index in [0.717, 1.165) is 18.5 Å². The summed E-state index contributed by atoms with van der Waals surface area (Å²) in [6.45, 7) is 2.28. The normalized spacial score (nSPS) is 14.5. The van der Waals surface area contributed by atoms with E-state index < -0.39 is 5.97 Å². The molecule has 2 rings (SSSR count). The summed E-state index contributed by atoms with van der Waals surface area (Å²) in [6, 6.07) is 3.78. The van der Waals surface area contributed by atoms with Crippen LogP contribution in [0.25, 0.3) is 0 Å². The maximum absolute atomic E-state index is 11.5. The van der Waals surface area contributed by atoms with E-state index in [1.54, 1.807) is 17.7 Å². The smallest absolute Gasteiger partial charge is 0.358 e. The topological polar surface area (TPSA) is 67.9 Å². The van der Waals surface area contributed by atoms with Gasteiger partial charge in [-0.2, -0.15) is 10.4 Å². The molecule has 0 unspecified atom stereocenters. The van der Waals surface area contributed by atoms with Crippen molar-refractivity contribution in [3.8, 4) is 6.07 Å². The second-order valence-corrected chi connectivity index (χ2v) is 3.76. The minimum atomic E-state index is -0.416. The van der Waals surface area contributed by atoms with E-state index in [1.165, 1.54) is 0 Å². The molecule has 1 aromatic heterocycles. The van der Waals surface area contributed by atoms with Crippen LogP contribution in [0, 0.1) is 11.3 Å². The SMILES string of the molecule is CCOC(=O)c1cc(C2CC2)n(CC#N)n1. The average molecular weight is 219 g/mol. The van der Waals surface area contributed by atoms with E-state index in [4.69, 9.17) is 10.00 Å². The molecule has 1 aliphatic rings. The van der Waals surface area contributed by atoms with Gasteiger partial charge in [-0.15, -0.1) is 0 Å². The molecule has 0 spiro atoms. The van der Waals surface area contributed by atoms with Crippen LogP contribution in [0.15, 0.2) is 6.07 Å². The lowest BCUT2D eigenvalue weighted by Crippen LogP contribution is -2.07. The van der Waals surface area contributed by atoms with Crippen molar-refractivity contribution >= 4 is 5.97 Å². The maximum Gasteiger partial charge on any atom is 0.358 e. The minimum absolute atomic E-state index is 0.186. The molecule has 1 saturated carbocycles. The van der Waals surface area contributed by atoms with E-state index in [-0.39, 0.29) is 6.54 Å². The van der Waals surface area contributed by atoms with Crippen LogP contribution in [-0.4, -0.2) is 22.4 Å². The van der Waals surface area contributed by atoms with Crippen molar-refractivity contribution < 1.29 is 9.53 Å². The Hall–Kier alpha value is -1.83. The summed E-state index contributed by atoms with van der Waals surface area (Å²) in [5.41, 5.74) is 1.28. The van der Waals surface area contributed by atoms with Gasteiger partial charge in [-0.25, -0.2) is 4.79 Å². The highest BCUT2D eigenvalue weighted by Gasteiger charge is 2.29. The lowest BCUT2D eigenvalue weighted by Gasteiger charge is -1.99. The molecule has 0 bridgehead atoms. The van der Waals surface area contributed by atoms with Crippen molar-refractivity contribution in [2.75, 3.05) is 6.61 Å². The number of aromatic nitrogens is 2. The molecule has 1 aliphatic carbocycles. The molecule has 1 fully saturated rings. The number of rotatable bonds is 4. The first-order valence-electron chi connectivity index (χ1n) is 5.38. The van der Waals surface area contributed by atoms with E-state index in [2.05, 4.69) is 5.10 Å². The fourth-order valence-corrected chi connectivity index (χ4v) is 1.64. The quantitative estimate of drug-likeness (QED) is 0.719. The van der Waals surface area contributed by atoms with Crippen LogP contribution >= 0.6 is 0 Å². The third-order valence-corrected chi connectivity index (χ3v) is 2.51. The summed E-state index contributed by atoms with van der Waals surface area (Å²) in [4.78, 5) is 11.5. The van der Waals surface area contributed by atoms with Crippen LogP contribution in [0.5, 0.6) is 0 Å². The van der Waals surface area contributed by atoms with E-state index >= 15 is 0 Å². The zero-order chi connectivity index (χ0) is 11.5. The number of carbonyl (C=O) groups excluding carboxylic acids is 1. The Labute approximate surface area is 93.6 Å². The lowest BCUT2D eigenvalue weighted by molar-refractivity contribution is 0.0518. The molecular weight excluding hydrogens is 206 g/mol. The molecule has 5 nitrogen and oxygen atoms in total. The van der Waals surface area contributed by atoms with E-state index in [0.29, 0.717) is 18.2 Å². The van der Waals surface area contributed by atoms with Gasteiger partial charge >= 0.3 is 5.97 Å². The Morgan fingerprint density at radius 2 is 2.50 bits per heavy atom. The van der Waals surface area contributed by atoms with Gasteiger partial charge in [0, 0.05) is 11.6 Å². The van der Waals surface area contributed by atoms with Gasteiger partial charge in [0.25, 0.3) is 0 Å². The van der Waals surface area contributed by atoms with Gasteiger partial charge in [0.05, 0.1) is 12.7 Å². The summed E-state index contributed by atoms with van der Waals surface area (Å²) < 4.78 is 6.48. The van der Waals surface area contributed by atoms with Gasteiger partial charge in [-0.3, -0.25) is 4.68 Å². The molecule has 0 aliphatic heterocycles. The maximum atomic E-state index is 11.5. The highest BCUT2D eigenvalue weighted by Crippen LogP contribution is 2.40. The number of ether oxygens (including phenoxy) is 1. The third-order valence-electron chi connectivity index (χ3n) is 2.51. The Bertz CT molecular complexity index is 441. The average Bonchev–Trinajstić information content (AvgIpc) is 3.01. The van der Waals surface area contributed by atoms with Crippen LogP contribution in [-0.2, 0) is 11.3 Å². The zero-order valence-corrected chi connectivity index (χ0v) is 9.14. The number of hydrogen-bond donors (Lipinski definition) is 0. The molecule has 0 amide bonds. The molecule has 0 aromatic carbocycles. The number of nitrogens with zero attached hydrogens (tertiary/aromatic N) is 3. The first-order valence-corrected chi connectivity index (χ1v) is 5.38. The van der Waals surface area contributed by atoms with Crippen LogP contribution in [0.4, 0.5) is 0 Å². The molecule has 0 atom stereocenters. The van der Waals surface area contributed by atoms with Gasteiger partial charge in [0.15, 0.2) is 5.69 Å². The zero-order valence-electron chi connectivity index (χ0n) is 9.14. The first kappa shape index (κ1) is 10.7. The van der Waals surface area contributed by atoms with Crippen LogP contribution in [0.3, 0.4) is 0 Å². The molecule has 0 radical (unpaired) electrons. The predicted octanol–water partition coefficient (Wildman–Crippen LogP) is 1.46. The van der Waals surface area contributed by atoms with Gasteiger partial charge in [-0.1, -0.05) is 0 Å². The molecular formula is C11H13N3O2. The van der Waals surface area contributed by atoms with Crippen LogP contribution in [0.1, 0.15) is 41.9 Å². The van der Waals surface area contributed by atoms with Crippen LogP contribution < -0.4 is 0 Å². The number of nitriles is 1. The largest absolute Gasteiger partial charge is 0.461 e. The van der Waals surface area contributed by atoms with Crippen molar-refractivity contribution in [1.29, 1.82) is 5.26 Å². The highest BCUT2D eigenvalue weighted by atomic mass is 16.5.